The minimum absolute atomic E-state index is 0.146. The first kappa shape index (κ1) is 19.4. The quantitative estimate of drug-likeness (QED) is 0.492. The smallest absolute Gasteiger partial charge is 0.227 e. The Morgan fingerprint density at radius 2 is 1.68 bits per heavy atom. The molecule has 0 atom stereocenters. The molecule has 2 aromatic heterocycles. The molecule has 2 aromatic carbocycles. The van der Waals surface area contributed by atoms with E-state index in [9.17, 15) is 4.79 Å². The highest BCUT2D eigenvalue weighted by Crippen LogP contribution is 2.24. The Bertz CT molecular complexity index is 1200. The van der Waals surface area contributed by atoms with E-state index in [-0.39, 0.29) is 5.91 Å². The number of rotatable bonds is 4. The predicted molar refractivity (Wildman–Crippen MR) is 118 cm³/mol. The number of fused-ring (bicyclic) bond motifs is 1. The van der Waals surface area contributed by atoms with Crippen LogP contribution in [0.1, 0.15) is 5.56 Å². The second-order valence-electron chi connectivity index (χ2n) is 7.38. The van der Waals surface area contributed by atoms with Crippen molar-refractivity contribution in [3.63, 3.8) is 0 Å². The van der Waals surface area contributed by atoms with Gasteiger partial charge in [0.25, 0.3) is 0 Å². The van der Waals surface area contributed by atoms with E-state index in [0.29, 0.717) is 48.8 Å². The molecule has 0 spiro atoms. The summed E-state index contributed by atoms with van der Waals surface area (Å²) in [4.78, 5) is 25.6. The van der Waals surface area contributed by atoms with Crippen LogP contribution in [0.5, 0.6) is 0 Å². The number of carbonyl (C=O) groups excluding carboxylic acids is 1. The van der Waals surface area contributed by atoms with Gasteiger partial charge in [-0.25, -0.2) is 9.97 Å². The number of halogens is 1. The molecular weight excluding hydrogens is 414 g/mol. The van der Waals surface area contributed by atoms with E-state index in [2.05, 4.69) is 25.2 Å². The fraction of sp³-hybridized carbons (Fsp3) is 0.227. The van der Waals surface area contributed by atoms with Gasteiger partial charge in [-0.1, -0.05) is 47.1 Å². The minimum Gasteiger partial charge on any atom is -0.351 e. The molecule has 1 amide bonds. The van der Waals surface area contributed by atoms with Crippen LogP contribution < -0.4 is 4.90 Å². The van der Waals surface area contributed by atoms with Crippen molar-refractivity contribution in [3.8, 4) is 5.69 Å². The van der Waals surface area contributed by atoms with Crippen LogP contribution in [0.3, 0.4) is 0 Å². The molecule has 156 valence electrons. The van der Waals surface area contributed by atoms with Gasteiger partial charge in [0, 0.05) is 31.2 Å². The zero-order chi connectivity index (χ0) is 21.2. The van der Waals surface area contributed by atoms with Gasteiger partial charge in [0.05, 0.1) is 12.1 Å². The first-order valence-electron chi connectivity index (χ1n) is 10.1. The molecule has 0 bridgehead atoms. The third kappa shape index (κ3) is 3.94. The van der Waals surface area contributed by atoms with E-state index in [1.807, 2.05) is 47.4 Å². The molecule has 0 radical (unpaired) electrons. The van der Waals surface area contributed by atoms with Crippen LogP contribution in [0.2, 0.25) is 5.02 Å². The monoisotopic (exact) mass is 433 g/mol. The van der Waals surface area contributed by atoms with Crippen molar-refractivity contribution >= 4 is 34.5 Å². The molecule has 0 saturated carbocycles. The molecule has 1 aliphatic rings. The van der Waals surface area contributed by atoms with E-state index in [4.69, 9.17) is 11.6 Å². The van der Waals surface area contributed by atoms with Gasteiger partial charge in [-0.15, -0.1) is 5.10 Å². The average molecular weight is 434 g/mol. The molecule has 0 unspecified atom stereocenters. The van der Waals surface area contributed by atoms with E-state index >= 15 is 0 Å². The summed E-state index contributed by atoms with van der Waals surface area (Å²) in [5.74, 6) is 0.882. The maximum absolute atomic E-state index is 12.7. The molecule has 1 aliphatic heterocycles. The van der Waals surface area contributed by atoms with Crippen LogP contribution in [0.25, 0.3) is 16.9 Å². The third-order valence-corrected chi connectivity index (χ3v) is 5.67. The second-order valence-corrected chi connectivity index (χ2v) is 7.81. The fourth-order valence-electron chi connectivity index (χ4n) is 3.77. The van der Waals surface area contributed by atoms with Crippen LogP contribution in [0.4, 0.5) is 5.82 Å². The molecule has 0 aliphatic carbocycles. The Labute approximate surface area is 184 Å². The maximum Gasteiger partial charge on any atom is 0.227 e. The molecule has 1 fully saturated rings. The average Bonchev–Trinajstić information content (AvgIpc) is 3.25. The summed E-state index contributed by atoms with van der Waals surface area (Å²) >= 11 is 5.99. The number of aromatic nitrogens is 5. The van der Waals surface area contributed by atoms with E-state index in [1.54, 1.807) is 16.8 Å². The largest absolute Gasteiger partial charge is 0.351 e. The van der Waals surface area contributed by atoms with Crippen molar-refractivity contribution in [2.75, 3.05) is 31.1 Å². The van der Waals surface area contributed by atoms with E-state index < -0.39 is 0 Å². The predicted octanol–water partition coefficient (Wildman–Crippen LogP) is 2.76. The Hall–Kier alpha value is -3.52. The van der Waals surface area contributed by atoms with Crippen molar-refractivity contribution in [2.24, 2.45) is 0 Å². The van der Waals surface area contributed by atoms with E-state index in [0.717, 1.165) is 17.1 Å². The normalized spacial score (nSPS) is 14.2. The van der Waals surface area contributed by atoms with Crippen LogP contribution in [0.15, 0.2) is 60.9 Å². The highest BCUT2D eigenvalue weighted by molar-refractivity contribution is 6.30. The summed E-state index contributed by atoms with van der Waals surface area (Å²) in [5, 5.41) is 9.26. The van der Waals surface area contributed by atoms with Gasteiger partial charge in [-0.3, -0.25) is 4.79 Å². The Kier molecular flexibility index (Phi) is 5.21. The van der Waals surface area contributed by atoms with Gasteiger partial charge < -0.3 is 9.80 Å². The summed E-state index contributed by atoms with van der Waals surface area (Å²) in [7, 11) is 0. The van der Waals surface area contributed by atoms with Gasteiger partial charge in [0.15, 0.2) is 17.0 Å². The number of carbonyl (C=O) groups is 1. The number of anilines is 1. The zero-order valence-electron chi connectivity index (χ0n) is 16.7. The highest BCUT2D eigenvalue weighted by atomic mass is 35.5. The first-order valence-corrected chi connectivity index (χ1v) is 10.5. The van der Waals surface area contributed by atoms with Gasteiger partial charge in [0.1, 0.15) is 6.33 Å². The summed E-state index contributed by atoms with van der Waals surface area (Å²) < 4.78 is 1.68. The Morgan fingerprint density at radius 1 is 0.935 bits per heavy atom. The number of amides is 1. The number of piperazine rings is 1. The van der Waals surface area contributed by atoms with Crippen molar-refractivity contribution in [1.82, 2.24) is 29.9 Å². The number of benzene rings is 2. The maximum atomic E-state index is 12.7. The third-order valence-electron chi connectivity index (χ3n) is 5.42. The molecule has 0 N–H and O–H groups in total. The lowest BCUT2D eigenvalue weighted by Crippen LogP contribution is -2.49. The molecular formula is C22H20ClN7O. The molecule has 9 heteroatoms. The summed E-state index contributed by atoms with van der Waals surface area (Å²) in [6, 6.07) is 17.2. The standard InChI is InChI=1S/C22H20ClN7O/c23-17-6-8-18(9-7-17)30-22-20(26-27-30)21(24-15-25-22)29-12-10-28(11-13-29)19(31)14-16-4-2-1-3-5-16/h1-9,15H,10-14H2. The summed E-state index contributed by atoms with van der Waals surface area (Å²) in [6.07, 6.45) is 1.95. The van der Waals surface area contributed by atoms with Crippen LogP contribution in [-0.2, 0) is 11.2 Å². The van der Waals surface area contributed by atoms with Crippen LogP contribution in [0, 0.1) is 0 Å². The molecule has 31 heavy (non-hydrogen) atoms. The number of nitrogens with zero attached hydrogens (tertiary/aromatic N) is 7. The summed E-state index contributed by atoms with van der Waals surface area (Å²) in [6.45, 7) is 2.64. The Morgan fingerprint density at radius 3 is 2.42 bits per heavy atom. The minimum atomic E-state index is 0.146. The van der Waals surface area contributed by atoms with Crippen molar-refractivity contribution in [1.29, 1.82) is 0 Å². The van der Waals surface area contributed by atoms with Crippen LogP contribution in [-0.4, -0.2) is 61.9 Å². The molecule has 5 rings (SSSR count). The molecule has 4 aromatic rings. The van der Waals surface area contributed by atoms with Gasteiger partial charge in [0.2, 0.25) is 5.91 Å². The molecule has 1 saturated heterocycles. The van der Waals surface area contributed by atoms with Gasteiger partial charge in [-0.05, 0) is 29.8 Å². The molecule has 3 heterocycles. The number of hydrogen-bond acceptors (Lipinski definition) is 6. The lowest BCUT2D eigenvalue weighted by atomic mass is 10.1. The van der Waals surface area contributed by atoms with Crippen molar-refractivity contribution in [3.05, 3.63) is 71.5 Å². The van der Waals surface area contributed by atoms with E-state index in [1.165, 1.54) is 6.33 Å². The highest BCUT2D eigenvalue weighted by Gasteiger charge is 2.25. The van der Waals surface area contributed by atoms with Gasteiger partial charge in [-0.2, -0.15) is 4.68 Å². The van der Waals surface area contributed by atoms with Crippen molar-refractivity contribution < 1.29 is 4.79 Å². The topological polar surface area (TPSA) is 80.0 Å². The lowest BCUT2D eigenvalue weighted by Gasteiger charge is -2.35. The fourth-order valence-corrected chi connectivity index (χ4v) is 3.90. The summed E-state index contributed by atoms with van der Waals surface area (Å²) in [5.41, 5.74) is 3.13. The SMILES string of the molecule is O=C(Cc1ccccc1)N1CCN(c2ncnc3c2nnn3-c2ccc(Cl)cc2)CC1. The Balaban J connectivity index is 1.32. The second kappa shape index (κ2) is 8.31. The van der Waals surface area contributed by atoms with Crippen LogP contribution >= 0.6 is 11.6 Å². The lowest BCUT2D eigenvalue weighted by molar-refractivity contribution is -0.130. The zero-order valence-corrected chi connectivity index (χ0v) is 17.5. The molecule has 8 nitrogen and oxygen atoms in total. The van der Waals surface area contributed by atoms with Gasteiger partial charge >= 0.3 is 0 Å². The number of hydrogen-bond donors (Lipinski definition) is 0. The first-order chi connectivity index (χ1) is 15.2. The van der Waals surface area contributed by atoms with Crippen molar-refractivity contribution in [2.45, 2.75) is 6.42 Å².